The number of aryl methyl sites for hydroxylation is 1. The summed E-state index contributed by atoms with van der Waals surface area (Å²) in [5, 5.41) is 8.77. The molecule has 0 saturated carbocycles. The van der Waals surface area contributed by atoms with Crippen molar-refractivity contribution in [3.63, 3.8) is 0 Å². The Bertz CT molecular complexity index is 514. The first kappa shape index (κ1) is 10.6. The average molecular weight is 231 g/mol. The van der Waals surface area contributed by atoms with Crippen molar-refractivity contribution in [2.75, 3.05) is 13.1 Å². The molecule has 17 heavy (non-hydrogen) atoms. The Morgan fingerprint density at radius 2 is 2.41 bits per heavy atom. The zero-order chi connectivity index (χ0) is 11.7. The molecule has 1 aromatic heterocycles. The smallest absolute Gasteiger partial charge is 0.145 e. The summed E-state index contributed by atoms with van der Waals surface area (Å²) in [7, 11) is 1.95. The number of ether oxygens (including phenoxy) is 1. The molecule has 0 bridgehead atoms. The molecule has 1 aliphatic rings. The number of piperidine rings is 1. The maximum atomic E-state index is 6.08. The fourth-order valence-corrected chi connectivity index (χ4v) is 2.39. The Kier molecular flexibility index (Phi) is 2.73. The van der Waals surface area contributed by atoms with Gasteiger partial charge in [-0.05, 0) is 25.5 Å². The van der Waals surface area contributed by atoms with E-state index in [2.05, 4.69) is 16.5 Å². The minimum Gasteiger partial charge on any atom is -0.487 e. The molecule has 1 aliphatic heterocycles. The Morgan fingerprint density at radius 1 is 1.47 bits per heavy atom. The number of aromatic nitrogens is 2. The zero-order valence-electron chi connectivity index (χ0n) is 10.0. The second-order valence-corrected chi connectivity index (χ2v) is 4.55. The molecule has 3 rings (SSSR count). The Balaban J connectivity index is 1.91. The molecule has 0 amide bonds. The summed E-state index contributed by atoms with van der Waals surface area (Å²) in [6, 6.07) is 6.11. The number of hydrogen-bond donors (Lipinski definition) is 1. The summed E-state index contributed by atoms with van der Waals surface area (Å²) in [6.07, 6.45) is 4.47. The number of benzene rings is 1. The van der Waals surface area contributed by atoms with Crippen molar-refractivity contribution in [3.05, 3.63) is 24.4 Å². The average Bonchev–Trinajstić information content (AvgIpc) is 2.74. The van der Waals surface area contributed by atoms with Gasteiger partial charge in [-0.15, -0.1) is 0 Å². The molecule has 1 atom stereocenters. The van der Waals surface area contributed by atoms with Gasteiger partial charge in [0.1, 0.15) is 17.4 Å². The lowest BCUT2D eigenvalue weighted by Crippen LogP contribution is -2.37. The summed E-state index contributed by atoms with van der Waals surface area (Å²) in [5.74, 6) is 0.941. The van der Waals surface area contributed by atoms with Gasteiger partial charge in [0.25, 0.3) is 0 Å². The van der Waals surface area contributed by atoms with Crippen LogP contribution >= 0.6 is 0 Å². The Labute approximate surface area is 101 Å². The van der Waals surface area contributed by atoms with E-state index < -0.39 is 0 Å². The number of para-hydroxylation sites is 1. The number of nitrogens with one attached hydrogen (secondary N) is 1. The highest BCUT2D eigenvalue weighted by atomic mass is 16.5. The van der Waals surface area contributed by atoms with Gasteiger partial charge < -0.3 is 10.1 Å². The first-order chi connectivity index (χ1) is 8.34. The molecule has 1 unspecified atom stereocenters. The first-order valence-electron chi connectivity index (χ1n) is 6.13. The van der Waals surface area contributed by atoms with Crippen LogP contribution in [0.5, 0.6) is 5.75 Å². The van der Waals surface area contributed by atoms with E-state index in [4.69, 9.17) is 4.74 Å². The molecule has 2 heterocycles. The van der Waals surface area contributed by atoms with Gasteiger partial charge in [-0.1, -0.05) is 12.1 Å². The lowest BCUT2D eigenvalue weighted by molar-refractivity contribution is 0.168. The summed E-state index contributed by atoms with van der Waals surface area (Å²) >= 11 is 0. The Hall–Kier alpha value is -1.55. The van der Waals surface area contributed by atoms with Crippen LogP contribution in [0.2, 0.25) is 0 Å². The van der Waals surface area contributed by atoms with Crippen LogP contribution in [-0.2, 0) is 7.05 Å². The lowest BCUT2D eigenvalue weighted by atomic mass is 10.1. The van der Waals surface area contributed by atoms with Gasteiger partial charge in [0.2, 0.25) is 0 Å². The van der Waals surface area contributed by atoms with E-state index in [1.807, 2.05) is 30.1 Å². The molecule has 1 N–H and O–H groups in total. The van der Waals surface area contributed by atoms with E-state index in [0.29, 0.717) is 0 Å². The van der Waals surface area contributed by atoms with Crippen LogP contribution in [0.1, 0.15) is 12.8 Å². The van der Waals surface area contributed by atoms with Crippen molar-refractivity contribution in [2.24, 2.45) is 7.05 Å². The van der Waals surface area contributed by atoms with Gasteiger partial charge in [-0.2, -0.15) is 5.10 Å². The van der Waals surface area contributed by atoms with Crippen LogP contribution in [0.25, 0.3) is 10.9 Å². The maximum Gasteiger partial charge on any atom is 0.145 e. The predicted molar refractivity (Wildman–Crippen MR) is 67.2 cm³/mol. The van der Waals surface area contributed by atoms with Crippen molar-refractivity contribution in [3.8, 4) is 5.75 Å². The minimum absolute atomic E-state index is 0.282. The monoisotopic (exact) mass is 231 g/mol. The molecule has 1 fully saturated rings. The van der Waals surface area contributed by atoms with E-state index >= 15 is 0 Å². The number of hydrogen-bond acceptors (Lipinski definition) is 3. The van der Waals surface area contributed by atoms with E-state index in [-0.39, 0.29) is 6.10 Å². The molecule has 4 heteroatoms. The first-order valence-corrected chi connectivity index (χ1v) is 6.13. The van der Waals surface area contributed by atoms with E-state index in [1.165, 1.54) is 6.42 Å². The van der Waals surface area contributed by atoms with Gasteiger partial charge in [-0.25, -0.2) is 0 Å². The van der Waals surface area contributed by atoms with Crippen molar-refractivity contribution in [1.82, 2.24) is 15.1 Å². The quantitative estimate of drug-likeness (QED) is 0.855. The third-order valence-corrected chi connectivity index (χ3v) is 3.27. The van der Waals surface area contributed by atoms with E-state index in [1.54, 1.807) is 0 Å². The molecule has 1 aromatic carbocycles. The summed E-state index contributed by atoms with van der Waals surface area (Å²) < 4.78 is 7.96. The van der Waals surface area contributed by atoms with Gasteiger partial charge in [0.15, 0.2) is 0 Å². The fourth-order valence-electron chi connectivity index (χ4n) is 2.39. The van der Waals surface area contributed by atoms with E-state index in [9.17, 15) is 0 Å². The standard InChI is InChI=1S/C13H17N3O/c1-16-13-10(8-15-16)4-2-6-12(13)17-11-5-3-7-14-9-11/h2,4,6,8,11,14H,3,5,7,9H2,1H3. The van der Waals surface area contributed by atoms with Crippen molar-refractivity contribution in [1.29, 1.82) is 0 Å². The van der Waals surface area contributed by atoms with Gasteiger partial charge in [0, 0.05) is 19.0 Å². The SMILES string of the molecule is Cn1ncc2cccc(OC3CCCNC3)c21. The van der Waals surface area contributed by atoms with Crippen molar-refractivity contribution in [2.45, 2.75) is 18.9 Å². The third kappa shape index (κ3) is 2.00. The number of rotatable bonds is 2. The lowest BCUT2D eigenvalue weighted by Gasteiger charge is -2.24. The van der Waals surface area contributed by atoms with Crippen molar-refractivity contribution >= 4 is 10.9 Å². The molecule has 2 aromatic rings. The van der Waals surface area contributed by atoms with E-state index in [0.717, 1.165) is 36.2 Å². The van der Waals surface area contributed by atoms with Gasteiger partial charge in [-0.3, -0.25) is 4.68 Å². The van der Waals surface area contributed by atoms with Gasteiger partial charge >= 0.3 is 0 Å². The van der Waals surface area contributed by atoms with Crippen LogP contribution in [0.15, 0.2) is 24.4 Å². The zero-order valence-corrected chi connectivity index (χ0v) is 10.0. The van der Waals surface area contributed by atoms with Crippen LogP contribution in [-0.4, -0.2) is 29.0 Å². The largest absolute Gasteiger partial charge is 0.487 e. The second kappa shape index (κ2) is 4.37. The fraction of sp³-hybridized carbons (Fsp3) is 0.462. The summed E-state index contributed by atoms with van der Waals surface area (Å²) in [4.78, 5) is 0. The minimum atomic E-state index is 0.282. The normalized spacial score (nSPS) is 20.6. The van der Waals surface area contributed by atoms with Crippen molar-refractivity contribution < 1.29 is 4.74 Å². The van der Waals surface area contributed by atoms with Crippen LogP contribution in [0.3, 0.4) is 0 Å². The highest BCUT2D eigenvalue weighted by molar-refractivity contribution is 5.84. The predicted octanol–water partition coefficient (Wildman–Crippen LogP) is 1.70. The molecular weight excluding hydrogens is 214 g/mol. The maximum absolute atomic E-state index is 6.08. The summed E-state index contributed by atoms with van der Waals surface area (Å²) in [5.41, 5.74) is 1.08. The highest BCUT2D eigenvalue weighted by Gasteiger charge is 2.16. The molecular formula is C13H17N3O. The molecule has 90 valence electrons. The molecule has 0 aliphatic carbocycles. The van der Waals surface area contributed by atoms with Crippen LogP contribution in [0, 0.1) is 0 Å². The topological polar surface area (TPSA) is 39.1 Å². The van der Waals surface area contributed by atoms with Gasteiger partial charge in [0.05, 0.1) is 6.20 Å². The molecule has 4 nitrogen and oxygen atoms in total. The molecule has 1 saturated heterocycles. The number of fused-ring (bicyclic) bond motifs is 1. The van der Waals surface area contributed by atoms with Crippen LogP contribution in [0.4, 0.5) is 0 Å². The summed E-state index contributed by atoms with van der Waals surface area (Å²) in [6.45, 7) is 2.05. The van der Waals surface area contributed by atoms with Crippen LogP contribution < -0.4 is 10.1 Å². The molecule has 0 radical (unpaired) electrons. The molecule has 0 spiro atoms. The number of nitrogens with zero attached hydrogens (tertiary/aromatic N) is 2. The second-order valence-electron chi connectivity index (χ2n) is 4.55. The highest BCUT2D eigenvalue weighted by Crippen LogP contribution is 2.26. The third-order valence-electron chi connectivity index (χ3n) is 3.27. The Morgan fingerprint density at radius 3 is 3.24 bits per heavy atom.